The van der Waals surface area contributed by atoms with Gasteiger partial charge in [0.25, 0.3) is 5.91 Å². The predicted octanol–water partition coefficient (Wildman–Crippen LogP) is 3.98. The van der Waals surface area contributed by atoms with Crippen LogP contribution in [0.5, 0.6) is 0 Å². The van der Waals surface area contributed by atoms with E-state index in [2.05, 4.69) is 10.5 Å². The molecule has 0 radical (unpaired) electrons. The van der Waals surface area contributed by atoms with E-state index in [0.29, 0.717) is 30.2 Å². The largest absolute Gasteiger partial charge is 0.355 e. The second-order valence-corrected chi connectivity index (χ2v) is 9.98. The average Bonchev–Trinajstić information content (AvgIpc) is 3.25. The number of nitrogens with one attached hydrogen (secondary N) is 1. The lowest BCUT2D eigenvalue weighted by atomic mass is 9.89. The van der Waals surface area contributed by atoms with Gasteiger partial charge in [0.15, 0.2) is 11.5 Å². The van der Waals surface area contributed by atoms with Crippen LogP contribution in [0.2, 0.25) is 0 Å². The minimum absolute atomic E-state index is 0.0377. The molecule has 0 spiro atoms. The highest BCUT2D eigenvalue weighted by Gasteiger charge is 2.41. The number of hydrogen-bond donors (Lipinski definition) is 1. The molecule has 6 nitrogen and oxygen atoms in total. The molecule has 31 heavy (non-hydrogen) atoms. The van der Waals surface area contributed by atoms with Crippen LogP contribution in [0.25, 0.3) is 11.3 Å². The highest BCUT2D eigenvalue weighted by molar-refractivity contribution is 7.99. The molecule has 2 fully saturated rings. The highest BCUT2D eigenvalue weighted by atomic mass is 32.2. The standard InChI is InChI=1S/C23H28FN3O3S/c1-14(2)11-20-22(28)25-19(15-7-9-31-10-8-15)13-27(20)23(29)18-12-21(30-26-18)16-3-5-17(24)6-4-16/h3-6,12,14-15,19-20H,7-11,13H2,1-2H3,(H,25,28)/t19-,20+/m1/s1. The number of amides is 2. The average molecular weight is 446 g/mol. The summed E-state index contributed by atoms with van der Waals surface area (Å²) in [4.78, 5) is 28.1. The number of piperazine rings is 1. The molecule has 2 aliphatic rings. The van der Waals surface area contributed by atoms with Crippen LogP contribution < -0.4 is 5.32 Å². The second kappa shape index (κ2) is 9.42. The molecule has 3 heterocycles. The molecular weight excluding hydrogens is 417 g/mol. The lowest BCUT2D eigenvalue weighted by molar-refractivity contribution is -0.130. The molecule has 2 atom stereocenters. The smallest absolute Gasteiger partial charge is 0.276 e. The zero-order valence-electron chi connectivity index (χ0n) is 17.8. The van der Waals surface area contributed by atoms with Gasteiger partial charge in [0.2, 0.25) is 5.91 Å². The minimum Gasteiger partial charge on any atom is -0.355 e. The van der Waals surface area contributed by atoms with Gasteiger partial charge < -0.3 is 14.7 Å². The molecule has 0 unspecified atom stereocenters. The first kappa shape index (κ1) is 21.9. The van der Waals surface area contributed by atoms with Crippen molar-refractivity contribution in [1.29, 1.82) is 0 Å². The summed E-state index contributed by atoms with van der Waals surface area (Å²) in [5.74, 6) is 2.49. The summed E-state index contributed by atoms with van der Waals surface area (Å²) in [5, 5.41) is 7.16. The van der Waals surface area contributed by atoms with E-state index in [1.165, 1.54) is 12.1 Å². The Kier molecular flexibility index (Phi) is 6.65. The summed E-state index contributed by atoms with van der Waals surface area (Å²) >= 11 is 1.94. The van der Waals surface area contributed by atoms with E-state index in [4.69, 9.17) is 4.52 Å². The van der Waals surface area contributed by atoms with Gasteiger partial charge in [-0.15, -0.1) is 0 Å². The molecule has 2 amide bonds. The molecule has 0 bridgehead atoms. The Morgan fingerprint density at radius 2 is 2.00 bits per heavy atom. The van der Waals surface area contributed by atoms with Crippen LogP contribution in [0.4, 0.5) is 4.39 Å². The predicted molar refractivity (Wildman–Crippen MR) is 118 cm³/mol. The van der Waals surface area contributed by atoms with Crippen molar-refractivity contribution < 1.29 is 18.5 Å². The van der Waals surface area contributed by atoms with E-state index in [9.17, 15) is 14.0 Å². The van der Waals surface area contributed by atoms with Crippen LogP contribution in [0, 0.1) is 17.7 Å². The number of benzene rings is 1. The van der Waals surface area contributed by atoms with Crippen LogP contribution in [0.1, 0.15) is 43.6 Å². The van der Waals surface area contributed by atoms with Crippen molar-refractivity contribution in [2.24, 2.45) is 11.8 Å². The molecule has 2 aliphatic heterocycles. The van der Waals surface area contributed by atoms with E-state index >= 15 is 0 Å². The molecule has 1 aromatic carbocycles. The fourth-order valence-corrected chi connectivity index (χ4v) is 5.51. The molecular formula is C23H28FN3O3S. The normalized spacial score (nSPS) is 22.6. The van der Waals surface area contributed by atoms with Gasteiger partial charge in [-0.2, -0.15) is 11.8 Å². The first-order valence-corrected chi connectivity index (χ1v) is 12.0. The van der Waals surface area contributed by atoms with Crippen molar-refractivity contribution in [3.8, 4) is 11.3 Å². The van der Waals surface area contributed by atoms with Gasteiger partial charge in [-0.3, -0.25) is 9.59 Å². The number of halogens is 1. The fraction of sp³-hybridized carbons (Fsp3) is 0.522. The molecule has 166 valence electrons. The van der Waals surface area contributed by atoms with Gasteiger partial charge in [0, 0.05) is 24.2 Å². The molecule has 2 saturated heterocycles. The quantitative estimate of drug-likeness (QED) is 0.754. The third kappa shape index (κ3) is 4.95. The maximum Gasteiger partial charge on any atom is 0.276 e. The van der Waals surface area contributed by atoms with Crippen molar-refractivity contribution in [2.45, 2.75) is 45.2 Å². The number of carbonyl (C=O) groups is 2. The maximum absolute atomic E-state index is 13.4. The third-order valence-electron chi connectivity index (χ3n) is 6.05. The van der Waals surface area contributed by atoms with Crippen molar-refractivity contribution in [1.82, 2.24) is 15.4 Å². The molecule has 0 aliphatic carbocycles. The van der Waals surface area contributed by atoms with Gasteiger partial charge in [-0.25, -0.2) is 4.39 Å². The van der Waals surface area contributed by atoms with Crippen molar-refractivity contribution in [2.75, 3.05) is 18.1 Å². The van der Waals surface area contributed by atoms with E-state index in [-0.39, 0.29) is 35.3 Å². The van der Waals surface area contributed by atoms with Crippen LogP contribution in [0.15, 0.2) is 34.9 Å². The number of carbonyl (C=O) groups excluding carboxylic acids is 2. The Hall–Kier alpha value is -2.35. The van der Waals surface area contributed by atoms with Gasteiger partial charge >= 0.3 is 0 Å². The Balaban J connectivity index is 1.57. The zero-order chi connectivity index (χ0) is 22.0. The second-order valence-electron chi connectivity index (χ2n) is 8.75. The van der Waals surface area contributed by atoms with Gasteiger partial charge in [-0.1, -0.05) is 19.0 Å². The molecule has 8 heteroatoms. The van der Waals surface area contributed by atoms with E-state index in [0.717, 1.165) is 24.3 Å². The van der Waals surface area contributed by atoms with Gasteiger partial charge in [-0.05, 0) is 66.9 Å². The van der Waals surface area contributed by atoms with E-state index < -0.39 is 6.04 Å². The topological polar surface area (TPSA) is 75.4 Å². The summed E-state index contributed by atoms with van der Waals surface area (Å²) in [6, 6.07) is 6.84. The maximum atomic E-state index is 13.4. The Morgan fingerprint density at radius 3 is 2.68 bits per heavy atom. The Labute approximate surface area is 185 Å². The first-order valence-electron chi connectivity index (χ1n) is 10.8. The van der Waals surface area contributed by atoms with Crippen LogP contribution in [0.3, 0.4) is 0 Å². The minimum atomic E-state index is -0.521. The third-order valence-corrected chi connectivity index (χ3v) is 7.10. The summed E-state index contributed by atoms with van der Waals surface area (Å²) in [6.45, 7) is 4.57. The number of hydrogen-bond acceptors (Lipinski definition) is 5. The first-order chi connectivity index (χ1) is 14.9. The van der Waals surface area contributed by atoms with Crippen LogP contribution in [-0.4, -0.2) is 52.0 Å². The zero-order valence-corrected chi connectivity index (χ0v) is 18.7. The summed E-state index contributed by atoms with van der Waals surface area (Å²) in [6.07, 6.45) is 2.68. The number of aromatic nitrogens is 1. The van der Waals surface area contributed by atoms with Gasteiger partial charge in [0.05, 0.1) is 0 Å². The van der Waals surface area contributed by atoms with Crippen molar-refractivity contribution in [3.63, 3.8) is 0 Å². The van der Waals surface area contributed by atoms with Gasteiger partial charge in [0.1, 0.15) is 11.9 Å². The SMILES string of the molecule is CC(C)C[C@H]1C(=O)N[C@@H](C2CCSCC2)CN1C(=O)c1cc(-c2ccc(F)cc2)on1. The lowest BCUT2D eigenvalue weighted by Gasteiger charge is -2.43. The van der Waals surface area contributed by atoms with E-state index in [1.54, 1.807) is 23.1 Å². The van der Waals surface area contributed by atoms with Crippen LogP contribution in [-0.2, 0) is 4.79 Å². The molecule has 1 aromatic heterocycles. The number of nitrogens with zero attached hydrogens (tertiary/aromatic N) is 2. The Bertz CT molecular complexity index is 924. The molecule has 2 aromatic rings. The van der Waals surface area contributed by atoms with Crippen LogP contribution >= 0.6 is 11.8 Å². The molecule has 4 rings (SSSR count). The highest BCUT2D eigenvalue weighted by Crippen LogP contribution is 2.30. The summed E-state index contributed by atoms with van der Waals surface area (Å²) in [5.41, 5.74) is 0.807. The lowest BCUT2D eigenvalue weighted by Crippen LogP contribution is -2.63. The Morgan fingerprint density at radius 1 is 1.29 bits per heavy atom. The van der Waals surface area contributed by atoms with E-state index in [1.807, 2.05) is 25.6 Å². The summed E-state index contributed by atoms with van der Waals surface area (Å²) < 4.78 is 18.6. The fourth-order valence-electron chi connectivity index (χ4n) is 4.37. The monoisotopic (exact) mass is 445 g/mol. The van der Waals surface area contributed by atoms with Crippen molar-refractivity contribution in [3.05, 3.63) is 41.8 Å². The number of rotatable bonds is 5. The molecule has 1 N–H and O–H groups in total. The number of thioether (sulfide) groups is 1. The van der Waals surface area contributed by atoms with Crippen molar-refractivity contribution >= 4 is 23.6 Å². The summed E-state index contributed by atoms with van der Waals surface area (Å²) in [7, 11) is 0. The molecule has 0 saturated carbocycles.